The van der Waals surface area contributed by atoms with Gasteiger partial charge in [0.25, 0.3) is 0 Å². The summed E-state index contributed by atoms with van der Waals surface area (Å²) < 4.78 is 49.2. The summed E-state index contributed by atoms with van der Waals surface area (Å²) in [6.45, 7) is 5.45. The zero-order chi connectivity index (χ0) is 37.1. The van der Waals surface area contributed by atoms with Crippen LogP contribution in [-0.4, -0.2) is 76.6 Å². The summed E-state index contributed by atoms with van der Waals surface area (Å²) in [4.78, 5) is 65.3. The van der Waals surface area contributed by atoms with Gasteiger partial charge in [-0.05, 0) is 75.0 Å². The minimum Gasteiger partial charge on any atom is -0.471 e. The first-order valence-corrected chi connectivity index (χ1v) is 18.4. The van der Waals surface area contributed by atoms with Crippen LogP contribution in [0.1, 0.15) is 90.7 Å². The molecule has 4 heterocycles. The fourth-order valence-corrected chi connectivity index (χ4v) is 7.48. The smallest absolute Gasteiger partial charge is 0.407 e. The number of halogens is 2. The van der Waals surface area contributed by atoms with Gasteiger partial charge in [-0.1, -0.05) is 57.0 Å². The maximum Gasteiger partial charge on any atom is 0.407 e. The van der Waals surface area contributed by atoms with Crippen LogP contribution in [-0.2, 0) is 29.8 Å². The number of hydrogen-bond acceptors (Lipinski definition) is 9. The number of alkyl carbamates (subject to hydrolysis) is 1. The molecule has 52 heavy (non-hydrogen) atoms. The Kier molecular flexibility index (Phi) is 11.0. The van der Waals surface area contributed by atoms with Gasteiger partial charge in [0.15, 0.2) is 11.5 Å². The summed E-state index contributed by atoms with van der Waals surface area (Å²) in [6, 6.07) is 4.56. The standard InChI is InChI=1S/C39H48F2N4O7/c1-4-50-35(48)38-21-25(38)14-8-6-5-7-9-17-29-34(47)45-23-26(20-30(45)31(46)22-38)52-33-32(42-27-15-10-11-16-28(27)43-33)39(40,41)19-13-12-18-37(2,3)24-51-36(49)44-29/h8,10-11,13-16,19,25-26,29-30H,4-7,9,12,17-18,20-24H2,1-3H3,(H,44,49)/b14-8-,19-13+/t25-,26-,29+,30+,38-/m1/s1. The molecule has 0 spiro atoms. The molecule has 5 atom stereocenters. The molecule has 13 heteroatoms. The number of Topliss-reactive ketones (excluding diaryl/α,β-unsaturated/α-hetero) is 1. The number of alkyl halides is 2. The Morgan fingerprint density at radius 2 is 1.83 bits per heavy atom. The van der Waals surface area contributed by atoms with Gasteiger partial charge in [0.2, 0.25) is 11.8 Å². The highest BCUT2D eigenvalue weighted by Crippen LogP contribution is 2.57. The van der Waals surface area contributed by atoms with Gasteiger partial charge in [-0.3, -0.25) is 14.4 Å². The number of cyclic esters (lactones) is 1. The number of ketones is 1. The third-order valence-corrected chi connectivity index (χ3v) is 10.6. The Balaban J connectivity index is 1.40. The number of benzene rings is 1. The molecule has 1 N–H and O–H groups in total. The van der Waals surface area contributed by atoms with E-state index in [2.05, 4.69) is 15.3 Å². The minimum atomic E-state index is -3.57. The molecule has 4 aliphatic rings. The predicted molar refractivity (Wildman–Crippen MR) is 187 cm³/mol. The first kappa shape index (κ1) is 37.3. The number of para-hydroxylation sites is 2. The Hall–Kier alpha value is -4.42. The van der Waals surface area contributed by atoms with Crippen LogP contribution in [0.4, 0.5) is 13.6 Å². The number of carbonyl (C=O) groups excluding carboxylic acids is 4. The number of carbonyl (C=O) groups is 4. The van der Waals surface area contributed by atoms with Crippen LogP contribution < -0.4 is 10.1 Å². The van der Waals surface area contributed by atoms with E-state index in [1.165, 1.54) is 11.0 Å². The van der Waals surface area contributed by atoms with Gasteiger partial charge in [0.05, 0.1) is 42.2 Å². The van der Waals surface area contributed by atoms with Crippen LogP contribution in [0.15, 0.2) is 48.6 Å². The molecule has 2 fully saturated rings. The molecule has 2 amide bonds. The second-order valence-electron chi connectivity index (χ2n) is 15.2. The molecule has 1 aliphatic carbocycles. The molecule has 0 unspecified atom stereocenters. The van der Waals surface area contributed by atoms with E-state index in [1.54, 1.807) is 31.2 Å². The van der Waals surface area contributed by atoms with E-state index in [1.807, 2.05) is 26.0 Å². The zero-order valence-electron chi connectivity index (χ0n) is 30.1. The average Bonchev–Trinajstić information content (AvgIpc) is 3.64. The maximum absolute atomic E-state index is 16.0. The first-order valence-electron chi connectivity index (χ1n) is 18.4. The van der Waals surface area contributed by atoms with E-state index in [9.17, 15) is 19.2 Å². The largest absolute Gasteiger partial charge is 0.471 e. The molecule has 280 valence electrons. The van der Waals surface area contributed by atoms with E-state index in [0.29, 0.717) is 31.2 Å². The van der Waals surface area contributed by atoms with Gasteiger partial charge in [-0.2, -0.15) is 8.78 Å². The molecule has 2 aromatic rings. The van der Waals surface area contributed by atoms with Crippen LogP contribution >= 0.6 is 0 Å². The SMILES string of the molecule is CCOC(=O)[C@]12CC(=O)[C@@H]3C[C@@H]4CN3C(=O)[C@H](CCCCC/C=C\[C@@H]1C2)NC(=O)OCC(C)(C)CC/C=C/C(F)(F)c1nc2ccccc2nc1O4. The molecule has 3 bridgehead atoms. The van der Waals surface area contributed by atoms with Gasteiger partial charge in [-0.25, -0.2) is 14.8 Å². The number of ether oxygens (including phenoxy) is 3. The van der Waals surface area contributed by atoms with Crippen molar-refractivity contribution in [2.24, 2.45) is 16.7 Å². The molecule has 1 aromatic heterocycles. The van der Waals surface area contributed by atoms with E-state index in [4.69, 9.17) is 14.2 Å². The van der Waals surface area contributed by atoms with Crippen molar-refractivity contribution in [3.63, 3.8) is 0 Å². The zero-order valence-corrected chi connectivity index (χ0v) is 30.1. The van der Waals surface area contributed by atoms with Gasteiger partial charge < -0.3 is 24.4 Å². The first-order chi connectivity index (χ1) is 24.8. The number of nitrogens with zero attached hydrogens (tertiary/aromatic N) is 3. The van der Waals surface area contributed by atoms with E-state index in [-0.39, 0.29) is 56.2 Å². The quantitative estimate of drug-likeness (QED) is 0.269. The number of esters is 1. The Bertz CT molecular complexity index is 1750. The second-order valence-corrected chi connectivity index (χ2v) is 15.2. The van der Waals surface area contributed by atoms with Crippen molar-refractivity contribution < 1.29 is 42.2 Å². The van der Waals surface area contributed by atoms with Crippen molar-refractivity contribution in [3.8, 4) is 5.88 Å². The fourth-order valence-electron chi connectivity index (χ4n) is 7.48. The van der Waals surface area contributed by atoms with E-state index >= 15 is 8.78 Å². The van der Waals surface area contributed by atoms with Crippen molar-refractivity contribution in [1.82, 2.24) is 20.2 Å². The number of nitrogens with one attached hydrogen (secondary N) is 1. The highest BCUT2D eigenvalue weighted by Gasteiger charge is 2.61. The highest BCUT2D eigenvalue weighted by atomic mass is 19.3. The fraction of sp³-hybridized carbons (Fsp3) is 0.590. The van der Waals surface area contributed by atoms with Gasteiger partial charge in [0.1, 0.15) is 12.1 Å². The molecular weight excluding hydrogens is 674 g/mol. The lowest BCUT2D eigenvalue weighted by molar-refractivity contribution is -0.152. The molecular formula is C39H48F2N4O7. The van der Waals surface area contributed by atoms with Crippen LogP contribution in [0.5, 0.6) is 5.88 Å². The highest BCUT2D eigenvalue weighted by molar-refractivity contribution is 5.96. The number of fused-ring (bicyclic) bond motifs is 5. The maximum atomic E-state index is 16.0. The number of amides is 2. The van der Waals surface area contributed by atoms with Crippen LogP contribution in [0, 0.1) is 16.7 Å². The minimum absolute atomic E-state index is 0.00550. The van der Waals surface area contributed by atoms with Crippen molar-refractivity contribution in [2.45, 2.75) is 109 Å². The van der Waals surface area contributed by atoms with Crippen molar-refractivity contribution in [1.29, 1.82) is 0 Å². The molecule has 0 radical (unpaired) electrons. The van der Waals surface area contributed by atoms with Crippen LogP contribution in [0.3, 0.4) is 0 Å². The number of hydrogen-bond donors (Lipinski definition) is 1. The lowest BCUT2D eigenvalue weighted by atomic mass is 9.89. The summed E-state index contributed by atoms with van der Waals surface area (Å²) in [6.07, 6.45) is 8.73. The third-order valence-electron chi connectivity index (χ3n) is 10.6. The lowest BCUT2D eigenvalue weighted by Crippen LogP contribution is -2.52. The Morgan fingerprint density at radius 1 is 1.06 bits per heavy atom. The molecule has 3 aliphatic heterocycles. The number of allylic oxidation sites excluding steroid dienone is 4. The number of rotatable bonds is 2. The van der Waals surface area contributed by atoms with Crippen molar-refractivity contribution in [3.05, 3.63) is 54.3 Å². The summed E-state index contributed by atoms with van der Waals surface area (Å²) in [5.74, 6) is -5.48. The van der Waals surface area contributed by atoms with Crippen LogP contribution in [0.25, 0.3) is 11.0 Å². The third kappa shape index (κ3) is 8.28. The summed E-state index contributed by atoms with van der Waals surface area (Å²) >= 11 is 0. The molecule has 1 aromatic carbocycles. The Labute approximate surface area is 302 Å². The van der Waals surface area contributed by atoms with Gasteiger partial charge >= 0.3 is 18.0 Å². The second kappa shape index (κ2) is 15.3. The van der Waals surface area contributed by atoms with Gasteiger partial charge in [-0.15, -0.1) is 0 Å². The molecule has 1 saturated heterocycles. The van der Waals surface area contributed by atoms with E-state index in [0.717, 1.165) is 25.3 Å². The van der Waals surface area contributed by atoms with E-state index < -0.39 is 64.5 Å². The summed E-state index contributed by atoms with van der Waals surface area (Å²) in [5.41, 5.74) is -1.68. The monoisotopic (exact) mass is 722 g/mol. The number of aromatic nitrogens is 2. The van der Waals surface area contributed by atoms with Crippen LogP contribution in [0.2, 0.25) is 0 Å². The average molecular weight is 723 g/mol. The molecule has 6 rings (SSSR count). The van der Waals surface area contributed by atoms with Crippen molar-refractivity contribution in [2.75, 3.05) is 19.8 Å². The summed E-state index contributed by atoms with van der Waals surface area (Å²) in [7, 11) is 0. The molecule has 1 saturated carbocycles. The van der Waals surface area contributed by atoms with Crippen molar-refractivity contribution >= 4 is 34.8 Å². The Morgan fingerprint density at radius 3 is 2.60 bits per heavy atom. The summed E-state index contributed by atoms with van der Waals surface area (Å²) in [5, 5.41) is 2.76. The predicted octanol–water partition coefficient (Wildman–Crippen LogP) is 6.59. The normalized spacial score (nSPS) is 30.9. The topological polar surface area (TPSA) is 137 Å². The van der Waals surface area contributed by atoms with Gasteiger partial charge in [0, 0.05) is 12.8 Å². The lowest BCUT2D eigenvalue weighted by Gasteiger charge is -2.30. The molecule has 11 nitrogen and oxygen atoms in total.